The van der Waals surface area contributed by atoms with Crippen LogP contribution in [0.1, 0.15) is 29.4 Å². The molecule has 0 saturated heterocycles. The molecule has 1 aliphatic carbocycles. The number of imidazole rings is 1. The van der Waals surface area contributed by atoms with E-state index >= 15 is 0 Å². The van der Waals surface area contributed by atoms with Gasteiger partial charge in [0.05, 0.1) is 34.8 Å². The monoisotopic (exact) mass is 458 g/mol. The fraction of sp³-hybridized carbons (Fsp3) is 0.130. The van der Waals surface area contributed by atoms with Crippen molar-refractivity contribution in [1.29, 1.82) is 0 Å². The zero-order valence-corrected chi connectivity index (χ0v) is 17.9. The molecule has 0 amide bonds. The highest BCUT2D eigenvalue weighted by Crippen LogP contribution is 2.39. The van der Waals surface area contributed by atoms with Gasteiger partial charge in [-0.3, -0.25) is 4.98 Å². The molecule has 1 atom stereocenters. The van der Waals surface area contributed by atoms with Crippen LogP contribution < -0.4 is 0 Å². The fourth-order valence-corrected chi connectivity index (χ4v) is 4.51. The van der Waals surface area contributed by atoms with Gasteiger partial charge in [0.1, 0.15) is 12.2 Å². The van der Waals surface area contributed by atoms with Crippen molar-refractivity contribution in [2.45, 2.75) is 18.8 Å². The van der Waals surface area contributed by atoms with E-state index in [1.807, 2.05) is 18.3 Å². The number of fused-ring (bicyclic) bond motifs is 1. The molecule has 33 heavy (non-hydrogen) atoms. The molecular weight excluding hydrogens is 443 g/mol. The minimum atomic E-state index is -0.526. The summed E-state index contributed by atoms with van der Waals surface area (Å²) in [6.07, 6.45) is 8.18. The number of nitrogens with one attached hydrogen (secondary N) is 1. The van der Waals surface area contributed by atoms with Gasteiger partial charge in [0, 0.05) is 28.5 Å². The van der Waals surface area contributed by atoms with E-state index in [9.17, 15) is 4.39 Å². The molecule has 4 aromatic heterocycles. The minimum Gasteiger partial charge on any atom is -0.341 e. The predicted octanol–water partition coefficient (Wildman–Crippen LogP) is 4.38. The van der Waals surface area contributed by atoms with Crippen LogP contribution in [0.2, 0.25) is 5.02 Å². The molecule has 0 fully saturated rings. The molecule has 0 radical (unpaired) electrons. The second-order valence-corrected chi connectivity index (χ2v) is 8.24. The average Bonchev–Trinajstić information content (AvgIpc) is 3.59. The van der Waals surface area contributed by atoms with Crippen molar-refractivity contribution in [2.24, 2.45) is 0 Å². The lowest BCUT2D eigenvalue weighted by atomic mass is 10.0. The highest BCUT2D eigenvalue weighted by molar-refractivity contribution is 6.31. The van der Waals surface area contributed by atoms with Gasteiger partial charge in [-0.15, -0.1) is 5.10 Å². The first kappa shape index (κ1) is 19.7. The maximum atomic E-state index is 14.1. The number of H-pyrrole nitrogens is 1. The molecule has 0 saturated carbocycles. The van der Waals surface area contributed by atoms with E-state index < -0.39 is 5.95 Å². The van der Waals surface area contributed by atoms with Crippen LogP contribution in [0.25, 0.3) is 28.1 Å². The normalized spacial score (nSPS) is 15.0. The van der Waals surface area contributed by atoms with E-state index in [1.54, 1.807) is 35.4 Å². The first-order valence-corrected chi connectivity index (χ1v) is 10.7. The largest absolute Gasteiger partial charge is 0.341 e. The minimum absolute atomic E-state index is 0.0147. The molecule has 5 aromatic rings. The summed E-state index contributed by atoms with van der Waals surface area (Å²) in [4.78, 5) is 16.3. The van der Waals surface area contributed by atoms with Crippen LogP contribution in [0.5, 0.6) is 0 Å². The molecule has 162 valence electrons. The number of nitrogens with zero attached hydrogens (tertiary/aromatic N) is 7. The molecule has 1 unspecified atom stereocenters. The Labute approximate surface area is 192 Å². The Balaban J connectivity index is 1.36. The summed E-state index contributed by atoms with van der Waals surface area (Å²) in [6, 6.07) is 11.1. The van der Waals surface area contributed by atoms with E-state index in [0.29, 0.717) is 16.3 Å². The third-order valence-electron chi connectivity index (χ3n) is 5.87. The van der Waals surface area contributed by atoms with Crippen LogP contribution in [0, 0.1) is 5.95 Å². The Morgan fingerprint density at radius 2 is 2.00 bits per heavy atom. The highest BCUT2D eigenvalue weighted by atomic mass is 35.5. The molecule has 6 rings (SSSR count). The number of aromatic amines is 1. The lowest BCUT2D eigenvalue weighted by Crippen LogP contribution is -2.02. The number of aryl methyl sites for hydroxylation is 1. The Morgan fingerprint density at radius 3 is 2.85 bits per heavy atom. The number of aromatic nitrogens is 8. The van der Waals surface area contributed by atoms with Gasteiger partial charge in [0.2, 0.25) is 5.95 Å². The van der Waals surface area contributed by atoms with Gasteiger partial charge in [-0.05, 0) is 65.2 Å². The number of benzene rings is 1. The topological polar surface area (TPSA) is 98.1 Å². The molecule has 1 N–H and O–H groups in total. The molecule has 1 aromatic carbocycles. The van der Waals surface area contributed by atoms with Crippen molar-refractivity contribution in [1.82, 2.24) is 40.1 Å². The summed E-state index contributed by atoms with van der Waals surface area (Å²) in [5, 5.41) is 12.1. The predicted molar refractivity (Wildman–Crippen MR) is 119 cm³/mol. The number of rotatable bonds is 4. The van der Waals surface area contributed by atoms with Gasteiger partial charge in [-0.2, -0.15) is 9.07 Å². The summed E-state index contributed by atoms with van der Waals surface area (Å²) in [7, 11) is 0. The number of tetrazole rings is 1. The molecule has 10 heteroatoms. The molecule has 0 aliphatic heterocycles. The van der Waals surface area contributed by atoms with Gasteiger partial charge in [0.25, 0.3) is 0 Å². The van der Waals surface area contributed by atoms with E-state index in [-0.39, 0.29) is 5.92 Å². The maximum Gasteiger partial charge on any atom is 0.222 e. The van der Waals surface area contributed by atoms with E-state index in [0.717, 1.165) is 46.7 Å². The zero-order valence-electron chi connectivity index (χ0n) is 17.2. The molecule has 8 nitrogen and oxygen atoms in total. The fourth-order valence-electron chi connectivity index (χ4n) is 4.33. The van der Waals surface area contributed by atoms with E-state index in [1.165, 1.54) is 6.20 Å². The van der Waals surface area contributed by atoms with E-state index in [4.69, 9.17) is 16.6 Å². The van der Waals surface area contributed by atoms with Gasteiger partial charge in [-0.25, -0.2) is 9.97 Å². The van der Waals surface area contributed by atoms with Crippen molar-refractivity contribution in [3.63, 3.8) is 0 Å². The Kier molecular flexibility index (Phi) is 4.69. The van der Waals surface area contributed by atoms with Gasteiger partial charge >= 0.3 is 0 Å². The lowest BCUT2D eigenvalue weighted by Gasteiger charge is -2.12. The number of hydrogen-bond donors (Lipinski definition) is 1. The molecule has 1 aliphatic rings. The second-order valence-electron chi connectivity index (χ2n) is 7.80. The van der Waals surface area contributed by atoms with Crippen LogP contribution in [0.4, 0.5) is 4.39 Å². The molecule has 4 heterocycles. The third kappa shape index (κ3) is 3.46. The van der Waals surface area contributed by atoms with Crippen molar-refractivity contribution >= 4 is 11.6 Å². The molecule has 0 bridgehead atoms. The molecular formula is C23H16ClFN8. The van der Waals surface area contributed by atoms with E-state index in [2.05, 4.69) is 36.5 Å². The number of hydrogen-bond acceptors (Lipinski definition) is 6. The summed E-state index contributed by atoms with van der Waals surface area (Å²) >= 11 is 6.29. The summed E-state index contributed by atoms with van der Waals surface area (Å²) < 4.78 is 15.7. The van der Waals surface area contributed by atoms with Crippen molar-refractivity contribution in [2.75, 3.05) is 0 Å². The summed E-state index contributed by atoms with van der Waals surface area (Å²) in [5.74, 6) is 0.257. The SMILES string of the molecule is Fc1ncccc1-c1cnc(C2CCc3cc(-c4cc(Cl)ccc4-n4cnnn4)cnc32)[nH]1. The van der Waals surface area contributed by atoms with Crippen LogP contribution in [0.3, 0.4) is 0 Å². The quantitative estimate of drug-likeness (QED) is 0.401. The third-order valence-corrected chi connectivity index (χ3v) is 6.11. The number of pyridine rings is 2. The standard InChI is InChI=1S/C23H16ClFN8/c24-15-4-6-20(33-12-29-31-32-33)18(9-15)14-8-13-3-5-17(21(13)27-10-14)23-28-11-19(30-23)16-2-1-7-26-22(16)25/h1-2,4,6-12,17H,3,5H2,(H,28,30). The molecule has 0 spiro atoms. The van der Waals surface area contributed by atoms with Gasteiger partial charge in [-0.1, -0.05) is 11.6 Å². The van der Waals surface area contributed by atoms with Crippen molar-refractivity contribution < 1.29 is 4.39 Å². The summed E-state index contributed by atoms with van der Waals surface area (Å²) in [6.45, 7) is 0. The van der Waals surface area contributed by atoms with Crippen molar-refractivity contribution in [3.05, 3.63) is 89.4 Å². The maximum absolute atomic E-state index is 14.1. The average molecular weight is 459 g/mol. The summed E-state index contributed by atoms with van der Waals surface area (Å²) in [5.41, 5.74) is 5.75. The van der Waals surface area contributed by atoms with Crippen LogP contribution in [-0.4, -0.2) is 40.1 Å². The zero-order chi connectivity index (χ0) is 22.4. The lowest BCUT2D eigenvalue weighted by molar-refractivity contribution is 0.587. The first-order chi connectivity index (χ1) is 16.2. The smallest absolute Gasteiger partial charge is 0.222 e. The van der Waals surface area contributed by atoms with Crippen molar-refractivity contribution in [3.8, 4) is 28.1 Å². The van der Waals surface area contributed by atoms with Crippen LogP contribution in [-0.2, 0) is 6.42 Å². The second kappa shape index (κ2) is 7.86. The van der Waals surface area contributed by atoms with Crippen LogP contribution in [0.15, 0.2) is 61.3 Å². The Hall–Kier alpha value is -3.98. The number of halogens is 2. The first-order valence-electron chi connectivity index (χ1n) is 10.4. The van der Waals surface area contributed by atoms with Gasteiger partial charge < -0.3 is 4.98 Å². The van der Waals surface area contributed by atoms with Crippen LogP contribution >= 0.6 is 11.6 Å². The Morgan fingerprint density at radius 1 is 1.06 bits per heavy atom. The highest BCUT2D eigenvalue weighted by Gasteiger charge is 2.29. The van der Waals surface area contributed by atoms with Gasteiger partial charge in [0.15, 0.2) is 0 Å². The Bertz CT molecular complexity index is 1460.